The molecule has 1 heterocycles. The highest BCUT2D eigenvalue weighted by Crippen LogP contribution is 2.29. The van der Waals surface area contributed by atoms with Gasteiger partial charge in [-0.05, 0) is 106 Å². The van der Waals surface area contributed by atoms with Crippen LogP contribution in [0.25, 0.3) is 17.1 Å². The van der Waals surface area contributed by atoms with Crippen LogP contribution in [0.1, 0.15) is 5.56 Å². The zero-order chi connectivity index (χ0) is 24.9. The number of phenolic OH excluding ortho intramolecular Hbond substituents is 1. The molecule has 12 heteroatoms. The molecule has 0 spiro atoms. The maximum Gasteiger partial charge on any atom is 0.250 e. The van der Waals surface area contributed by atoms with Crippen molar-refractivity contribution >= 4 is 92.3 Å². The van der Waals surface area contributed by atoms with Gasteiger partial charge < -0.3 is 5.11 Å². The van der Waals surface area contributed by atoms with Gasteiger partial charge in [0.05, 0.1) is 15.5 Å². The summed E-state index contributed by atoms with van der Waals surface area (Å²) in [5, 5.41) is 24.5. The fourth-order valence-corrected chi connectivity index (χ4v) is 5.88. The number of nitrogens with zero attached hydrogens (tertiary/aromatic N) is 4. The molecular formula is C23H15Cl2I2N5O2S. The Morgan fingerprint density at radius 3 is 2.40 bits per heavy atom. The van der Waals surface area contributed by atoms with Gasteiger partial charge in [-0.3, -0.25) is 9.36 Å². The van der Waals surface area contributed by atoms with Crippen LogP contribution in [0.15, 0.2) is 70.9 Å². The number of amides is 1. The van der Waals surface area contributed by atoms with Crippen LogP contribution in [0.4, 0.5) is 0 Å². The number of hydrogen-bond acceptors (Lipinski definition) is 6. The summed E-state index contributed by atoms with van der Waals surface area (Å²) in [6, 6.07) is 18.2. The van der Waals surface area contributed by atoms with Gasteiger partial charge in [-0.15, -0.1) is 10.2 Å². The second-order valence-electron chi connectivity index (χ2n) is 7.03. The monoisotopic (exact) mass is 749 g/mol. The quantitative estimate of drug-likeness (QED) is 0.0989. The number of phenols is 1. The molecule has 0 atom stereocenters. The SMILES string of the molecule is O=C(CSc1nnc(-c2ccc(Cl)cc2)n1-c1ccc(Cl)cc1)NN=Cc1cc(I)cc(I)c1O. The number of carbonyl (C=O) groups is 1. The number of aromatic nitrogens is 3. The zero-order valence-corrected chi connectivity index (χ0v) is 24.3. The number of hydrogen-bond donors (Lipinski definition) is 2. The maximum atomic E-state index is 12.4. The number of carbonyl (C=O) groups excluding carboxylic acids is 1. The number of thioether (sulfide) groups is 1. The first-order chi connectivity index (χ1) is 16.8. The lowest BCUT2D eigenvalue weighted by molar-refractivity contribution is -0.118. The van der Waals surface area contributed by atoms with Crippen LogP contribution in [0, 0.1) is 7.14 Å². The molecule has 0 aliphatic heterocycles. The molecule has 35 heavy (non-hydrogen) atoms. The first kappa shape index (κ1) is 26.2. The highest BCUT2D eigenvalue weighted by Gasteiger charge is 2.17. The van der Waals surface area contributed by atoms with Crippen molar-refractivity contribution < 1.29 is 9.90 Å². The summed E-state index contributed by atoms with van der Waals surface area (Å²) >= 11 is 17.5. The van der Waals surface area contributed by atoms with E-state index in [-0.39, 0.29) is 17.4 Å². The molecule has 0 aliphatic carbocycles. The lowest BCUT2D eigenvalue weighted by Crippen LogP contribution is -2.20. The van der Waals surface area contributed by atoms with Crippen LogP contribution < -0.4 is 5.43 Å². The number of hydrazone groups is 1. The summed E-state index contributed by atoms with van der Waals surface area (Å²) in [5.74, 6) is 0.446. The first-order valence-electron chi connectivity index (χ1n) is 9.92. The minimum absolute atomic E-state index is 0.0551. The predicted octanol–water partition coefficient (Wildman–Crippen LogP) is 6.40. The van der Waals surface area contributed by atoms with E-state index in [4.69, 9.17) is 23.2 Å². The Morgan fingerprint density at radius 1 is 1.06 bits per heavy atom. The number of rotatable bonds is 7. The maximum absolute atomic E-state index is 12.4. The van der Waals surface area contributed by atoms with E-state index in [1.54, 1.807) is 30.3 Å². The summed E-state index contributed by atoms with van der Waals surface area (Å²) in [6.45, 7) is 0. The zero-order valence-electron chi connectivity index (χ0n) is 17.6. The topological polar surface area (TPSA) is 92.4 Å². The van der Waals surface area contributed by atoms with E-state index in [0.29, 0.717) is 30.2 Å². The highest BCUT2D eigenvalue weighted by atomic mass is 127. The third kappa shape index (κ3) is 6.67. The Balaban J connectivity index is 1.51. The van der Waals surface area contributed by atoms with E-state index < -0.39 is 0 Å². The van der Waals surface area contributed by atoms with Gasteiger partial charge in [0.1, 0.15) is 5.75 Å². The van der Waals surface area contributed by atoms with Gasteiger partial charge in [0, 0.05) is 30.4 Å². The van der Waals surface area contributed by atoms with Crippen molar-refractivity contribution in [1.82, 2.24) is 20.2 Å². The van der Waals surface area contributed by atoms with E-state index in [2.05, 4.69) is 43.3 Å². The van der Waals surface area contributed by atoms with Crippen LogP contribution >= 0.6 is 80.1 Å². The van der Waals surface area contributed by atoms with Gasteiger partial charge >= 0.3 is 0 Å². The predicted molar refractivity (Wildman–Crippen MR) is 157 cm³/mol. The summed E-state index contributed by atoms with van der Waals surface area (Å²) in [5.41, 5.74) is 4.62. The molecule has 1 amide bonds. The van der Waals surface area contributed by atoms with Crippen LogP contribution in [-0.4, -0.2) is 37.7 Å². The minimum Gasteiger partial charge on any atom is -0.506 e. The van der Waals surface area contributed by atoms with Crippen molar-refractivity contribution in [3.8, 4) is 22.8 Å². The van der Waals surface area contributed by atoms with Crippen LogP contribution in [-0.2, 0) is 4.79 Å². The van der Waals surface area contributed by atoms with Crippen molar-refractivity contribution in [3.63, 3.8) is 0 Å². The number of aromatic hydroxyl groups is 1. The van der Waals surface area contributed by atoms with E-state index >= 15 is 0 Å². The second kappa shape index (κ2) is 11.9. The second-order valence-corrected chi connectivity index (χ2v) is 11.3. The lowest BCUT2D eigenvalue weighted by Gasteiger charge is -2.10. The average molecular weight is 750 g/mol. The fourth-order valence-electron chi connectivity index (χ4n) is 2.99. The van der Waals surface area contributed by atoms with E-state index in [0.717, 1.165) is 14.8 Å². The summed E-state index contributed by atoms with van der Waals surface area (Å²) in [4.78, 5) is 12.4. The molecule has 0 saturated heterocycles. The Bertz CT molecular complexity index is 1400. The van der Waals surface area contributed by atoms with E-state index in [1.165, 1.54) is 18.0 Å². The van der Waals surface area contributed by atoms with Crippen LogP contribution in [0.2, 0.25) is 10.0 Å². The molecule has 7 nitrogen and oxygen atoms in total. The first-order valence-corrected chi connectivity index (χ1v) is 13.8. The third-order valence-electron chi connectivity index (χ3n) is 4.60. The Kier molecular flexibility index (Phi) is 8.92. The smallest absolute Gasteiger partial charge is 0.250 e. The fraction of sp³-hybridized carbons (Fsp3) is 0.0435. The molecule has 0 aliphatic rings. The molecule has 178 valence electrons. The van der Waals surface area contributed by atoms with Crippen LogP contribution in [0.3, 0.4) is 0 Å². The molecular weight excluding hydrogens is 735 g/mol. The molecule has 2 N–H and O–H groups in total. The van der Waals surface area contributed by atoms with Gasteiger partial charge in [0.15, 0.2) is 11.0 Å². The van der Waals surface area contributed by atoms with E-state index in [1.807, 2.05) is 57.5 Å². The van der Waals surface area contributed by atoms with Gasteiger partial charge in [-0.1, -0.05) is 35.0 Å². The van der Waals surface area contributed by atoms with Gasteiger partial charge in [-0.2, -0.15) is 5.10 Å². The normalized spacial score (nSPS) is 11.2. The molecule has 0 radical (unpaired) electrons. The third-order valence-corrected chi connectivity index (χ3v) is 7.48. The van der Waals surface area contributed by atoms with Gasteiger partial charge in [0.25, 0.3) is 5.91 Å². The number of benzene rings is 3. The number of halogens is 4. The summed E-state index contributed by atoms with van der Waals surface area (Å²) in [6.07, 6.45) is 1.41. The molecule has 0 saturated carbocycles. The minimum atomic E-state index is -0.329. The molecule has 0 unspecified atom stereocenters. The Hall–Kier alpha value is -1.87. The number of nitrogens with one attached hydrogen (secondary N) is 1. The highest BCUT2D eigenvalue weighted by molar-refractivity contribution is 14.1. The standard InChI is InChI=1S/C23H15Cl2I2N5O2S/c24-15-3-1-13(2-4-15)22-30-31-23(32(22)18-7-5-16(25)6-8-18)35-12-20(33)29-28-11-14-9-17(26)10-19(27)21(14)34/h1-11,34H,12H2,(H,29,33). The molecule has 0 fully saturated rings. The van der Waals surface area contributed by atoms with Gasteiger partial charge in [-0.25, -0.2) is 5.43 Å². The molecule has 4 aromatic rings. The van der Waals surface area contributed by atoms with Crippen molar-refractivity contribution in [2.24, 2.45) is 5.10 Å². The Morgan fingerprint density at radius 2 is 1.71 bits per heavy atom. The van der Waals surface area contributed by atoms with Crippen LogP contribution in [0.5, 0.6) is 5.75 Å². The average Bonchev–Trinajstić information content (AvgIpc) is 3.25. The van der Waals surface area contributed by atoms with Crippen molar-refractivity contribution in [2.45, 2.75) is 5.16 Å². The van der Waals surface area contributed by atoms with Crippen molar-refractivity contribution in [1.29, 1.82) is 0 Å². The molecule has 0 bridgehead atoms. The Labute approximate surface area is 242 Å². The summed E-state index contributed by atoms with van der Waals surface area (Å²) < 4.78 is 3.51. The lowest BCUT2D eigenvalue weighted by atomic mass is 10.2. The molecule has 1 aromatic heterocycles. The summed E-state index contributed by atoms with van der Waals surface area (Å²) in [7, 11) is 0. The molecule has 3 aromatic carbocycles. The van der Waals surface area contributed by atoms with Gasteiger partial charge in [0.2, 0.25) is 0 Å². The largest absolute Gasteiger partial charge is 0.506 e. The van der Waals surface area contributed by atoms with Crippen molar-refractivity contribution in [3.05, 3.63) is 83.4 Å². The van der Waals surface area contributed by atoms with E-state index in [9.17, 15) is 9.90 Å². The molecule has 4 rings (SSSR count). The van der Waals surface area contributed by atoms with Crippen molar-refractivity contribution in [2.75, 3.05) is 5.75 Å².